The van der Waals surface area contributed by atoms with Crippen LogP contribution in [-0.2, 0) is 0 Å². The van der Waals surface area contributed by atoms with E-state index in [4.69, 9.17) is 0 Å². The summed E-state index contributed by atoms with van der Waals surface area (Å²) in [6.45, 7) is 0. The third-order valence-electron chi connectivity index (χ3n) is 11.6. The van der Waals surface area contributed by atoms with Crippen molar-refractivity contribution >= 4 is 63.3 Å². The van der Waals surface area contributed by atoms with Gasteiger partial charge in [-0.25, -0.2) is 0 Å². The summed E-state index contributed by atoms with van der Waals surface area (Å²) in [5, 5.41) is 0. The molecule has 0 atom stereocenters. The lowest BCUT2D eigenvalue weighted by molar-refractivity contribution is 1.28. The molecule has 0 saturated carbocycles. The van der Waals surface area contributed by atoms with Crippen molar-refractivity contribution in [3.8, 4) is 22.3 Å². The van der Waals surface area contributed by atoms with Gasteiger partial charge in [0, 0.05) is 51.2 Å². The fraction of sp³-hybridized carbons (Fsp3) is 0. The van der Waals surface area contributed by atoms with Crippen LogP contribution in [-0.4, -0.2) is 0 Å². The standard InChI is InChI=1S/C62H47N3/c1-7-19-54(20-8-1)63(55-21-9-2-10-22-55)60-39-33-48(34-40-60)31-32-49-45-52(50-35-41-61(42-36-50)64(56-23-11-3-12-24-56)57-25-13-4-14-26-57)47-53(46-49)51-37-43-62(44-38-51)65(58-27-15-5-16-28-58)59-29-17-6-18-30-59/h1-47H. The second-order valence-corrected chi connectivity index (χ2v) is 15.9. The van der Waals surface area contributed by atoms with Crippen LogP contribution in [0.4, 0.5) is 51.2 Å². The van der Waals surface area contributed by atoms with Crippen LogP contribution in [0.25, 0.3) is 34.4 Å². The highest BCUT2D eigenvalue weighted by molar-refractivity contribution is 5.85. The number of nitrogens with zero attached hydrogens (tertiary/aromatic N) is 3. The summed E-state index contributed by atoms with van der Waals surface area (Å²) in [6, 6.07) is 96.8. The third kappa shape index (κ3) is 9.27. The lowest BCUT2D eigenvalue weighted by Gasteiger charge is -2.25. The van der Waals surface area contributed by atoms with Crippen LogP contribution >= 0.6 is 0 Å². The van der Waals surface area contributed by atoms with Crippen molar-refractivity contribution in [2.24, 2.45) is 0 Å². The van der Waals surface area contributed by atoms with E-state index in [1.54, 1.807) is 0 Å². The average molecular weight is 834 g/mol. The van der Waals surface area contributed by atoms with Gasteiger partial charge in [-0.05, 0) is 161 Å². The molecule has 0 heterocycles. The highest BCUT2D eigenvalue weighted by atomic mass is 15.2. The Morgan fingerprint density at radius 2 is 0.415 bits per heavy atom. The van der Waals surface area contributed by atoms with E-state index in [2.05, 4.69) is 300 Å². The van der Waals surface area contributed by atoms with Crippen LogP contribution < -0.4 is 14.7 Å². The SMILES string of the molecule is C(=Cc1cc(-c2ccc(N(c3ccccc3)c3ccccc3)cc2)cc(-c2ccc(N(c3ccccc3)c3ccccc3)cc2)c1)c1ccc(N(c2ccccc2)c2ccccc2)cc1. The molecule has 0 aromatic heterocycles. The van der Waals surface area contributed by atoms with Crippen LogP contribution in [0.5, 0.6) is 0 Å². The van der Waals surface area contributed by atoms with Crippen LogP contribution in [0.2, 0.25) is 0 Å². The molecule has 0 saturated heterocycles. The molecule has 10 aromatic carbocycles. The van der Waals surface area contributed by atoms with Crippen molar-refractivity contribution in [3.05, 3.63) is 284 Å². The van der Waals surface area contributed by atoms with Gasteiger partial charge in [0.15, 0.2) is 0 Å². The minimum atomic E-state index is 1.10. The second kappa shape index (κ2) is 19.2. The van der Waals surface area contributed by atoms with E-state index in [1.807, 2.05) is 0 Å². The van der Waals surface area contributed by atoms with Crippen molar-refractivity contribution < 1.29 is 0 Å². The number of hydrogen-bond donors (Lipinski definition) is 0. The average Bonchev–Trinajstić information content (AvgIpc) is 3.39. The van der Waals surface area contributed by atoms with Gasteiger partial charge in [-0.2, -0.15) is 0 Å². The van der Waals surface area contributed by atoms with Crippen molar-refractivity contribution in [3.63, 3.8) is 0 Å². The zero-order valence-corrected chi connectivity index (χ0v) is 36.0. The van der Waals surface area contributed by atoms with Gasteiger partial charge in [-0.3, -0.25) is 0 Å². The zero-order valence-electron chi connectivity index (χ0n) is 36.0. The summed E-state index contributed by atoms with van der Waals surface area (Å²) in [6.07, 6.45) is 4.44. The van der Waals surface area contributed by atoms with E-state index < -0.39 is 0 Å². The summed E-state index contributed by atoms with van der Waals surface area (Å²) >= 11 is 0. The molecule has 310 valence electrons. The second-order valence-electron chi connectivity index (χ2n) is 15.9. The predicted molar refractivity (Wildman–Crippen MR) is 277 cm³/mol. The molecule has 10 rings (SSSR count). The minimum absolute atomic E-state index is 1.10. The van der Waals surface area contributed by atoms with Crippen LogP contribution in [0, 0.1) is 0 Å². The van der Waals surface area contributed by atoms with Crippen molar-refractivity contribution in [2.45, 2.75) is 0 Å². The van der Waals surface area contributed by atoms with E-state index >= 15 is 0 Å². The van der Waals surface area contributed by atoms with Gasteiger partial charge in [0.2, 0.25) is 0 Å². The fourth-order valence-electron chi connectivity index (χ4n) is 8.42. The first-order valence-electron chi connectivity index (χ1n) is 22.1. The summed E-state index contributed by atoms with van der Waals surface area (Å²) in [7, 11) is 0. The van der Waals surface area contributed by atoms with Gasteiger partial charge in [-0.1, -0.05) is 158 Å². The molecule has 0 N–H and O–H groups in total. The van der Waals surface area contributed by atoms with Gasteiger partial charge in [-0.15, -0.1) is 0 Å². The summed E-state index contributed by atoms with van der Waals surface area (Å²) in [5.74, 6) is 0. The molecule has 10 aromatic rings. The Morgan fingerprint density at radius 1 is 0.185 bits per heavy atom. The molecule has 0 unspecified atom stereocenters. The molecule has 3 heteroatoms. The maximum absolute atomic E-state index is 2.32. The Kier molecular flexibility index (Phi) is 11.9. The van der Waals surface area contributed by atoms with Gasteiger partial charge >= 0.3 is 0 Å². The molecule has 0 spiro atoms. The zero-order chi connectivity index (χ0) is 43.6. The molecule has 0 aliphatic heterocycles. The van der Waals surface area contributed by atoms with Gasteiger partial charge in [0.1, 0.15) is 0 Å². The van der Waals surface area contributed by atoms with Crippen LogP contribution in [0.3, 0.4) is 0 Å². The molecule has 0 aliphatic carbocycles. The predicted octanol–water partition coefficient (Wildman–Crippen LogP) is 17.6. The number of para-hydroxylation sites is 6. The lowest BCUT2D eigenvalue weighted by atomic mass is 9.95. The fourth-order valence-corrected chi connectivity index (χ4v) is 8.42. The minimum Gasteiger partial charge on any atom is -0.311 e. The Morgan fingerprint density at radius 3 is 0.692 bits per heavy atom. The Hall–Kier alpha value is -8.66. The summed E-state index contributed by atoms with van der Waals surface area (Å²) in [5.41, 5.74) is 16.8. The van der Waals surface area contributed by atoms with Crippen LogP contribution in [0.1, 0.15) is 11.1 Å². The number of benzene rings is 10. The molecule has 0 aliphatic rings. The van der Waals surface area contributed by atoms with E-state index in [0.717, 1.165) is 84.6 Å². The first kappa shape index (κ1) is 40.4. The summed E-state index contributed by atoms with van der Waals surface area (Å²) < 4.78 is 0. The lowest BCUT2D eigenvalue weighted by Crippen LogP contribution is -2.09. The van der Waals surface area contributed by atoms with Crippen molar-refractivity contribution in [1.29, 1.82) is 0 Å². The number of rotatable bonds is 13. The third-order valence-corrected chi connectivity index (χ3v) is 11.6. The van der Waals surface area contributed by atoms with E-state index in [0.29, 0.717) is 0 Å². The Balaban J connectivity index is 1.01. The largest absolute Gasteiger partial charge is 0.311 e. The normalized spacial score (nSPS) is 11.0. The maximum Gasteiger partial charge on any atom is 0.0462 e. The molecule has 0 amide bonds. The summed E-state index contributed by atoms with van der Waals surface area (Å²) in [4.78, 5) is 6.89. The van der Waals surface area contributed by atoms with E-state index in [-0.39, 0.29) is 0 Å². The Labute approximate surface area is 382 Å². The van der Waals surface area contributed by atoms with Crippen molar-refractivity contribution in [1.82, 2.24) is 0 Å². The Bertz CT molecular complexity index is 2820. The molecule has 0 fully saturated rings. The first-order chi connectivity index (χ1) is 32.2. The molecular formula is C62H47N3. The number of anilines is 9. The van der Waals surface area contributed by atoms with Crippen molar-refractivity contribution in [2.75, 3.05) is 14.7 Å². The molecule has 0 radical (unpaired) electrons. The smallest absolute Gasteiger partial charge is 0.0462 e. The molecular weight excluding hydrogens is 787 g/mol. The highest BCUT2D eigenvalue weighted by Crippen LogP contribution is 2.39. The quantitative estimate of drug-likeness (QED) is 0.107. The number of hydrogen-bond acceptors (Lipinski definition) is 3. The monoisotopic (exact) mass is 833 g/mol. The first-order valence-corrected chi connectivity index (χ1v) is 22.1. The van der Waals surface area contributed by atoms with Gasteiger partial charge in [0.05, 0.1) is 0 Å². The maximum atomic E-state index is 2.32. The molecule has 0 bridgehead atoms. The topological polar surface area (TPSA) is 9.72 Å². The molecule has 65 heavy (non-hydrogen) atoms. The van der Waals surface area contributed by atoms with Gasteiger partial charge < -0.3 is 14.7 Å². The molecule has 3 nitrogen and oxygen atoms in total. The highest BCUT2D eigenvalue weighted by Gasteiger charge is 2.15. The van der Waals surface area contributed by atoms with Gasteiger partial charge in [0.25, 0.3) is 0 Å². The van der Waals surface area contributed by atoms with E-state index in [1.165, 1.54) is 0 Å². The van der Waals surface area contributed by atoms with E-state index in [9.17, 15) is 0 Å². The van der Waals surface area contributed by atoms with Crippen LogP contribution in [0.15, 0.2) is 273 Å².